The van der Waals surface area contributed by atoms with E-state index >= 15 is 0 Å². The average Bonchev–Trinajstić information content (AvgIpc) is 2.96. The smallest absolute Gasteiger partial charge is 0.227 e. The second-order valence-electron chi connectivity index (χ2n) is 6.30. The van der Waals surface area contributed by atoms with E-state index in [0.717, 1.165) is 32.1 Å². The summed E-state index contributed by atoms with van der Waals surface area (Å²) in [6.45, 7) is 1.43. The van der Waals surface area contributed by atoms with Gasteiger partial charge in [-0.15, -0.1) is 0 Å². The Hall–Kier alpha value is -1.62. The van der Waals surface area contributed by atoms with E-state index in [0.29, 0.717) is 18.8 Å². The minimum Gasteiger partial charge on any atom is -0.490 e. The standard InChI is InChI=1S/C17H23FN2O2/c18-12-4-6-13(7-5-12)22-14-8-10-20(11-9-14)17(21)15-2-1-3-16(15)19/h4-7,14-16H,1-3,8-11,19H2. The molecule has 1 aromatic rings. The third-order valence-corrected chi connectivity index (χ3v) is 4.76. The number of nitrogens with zero attached hydrogens (tertiary/aromatic N) is 1. The number of ether oxygens (including phenoxy) is 1. The Kier molecular flexibility index (Phi) is 4.62. The Balaban J connectivity index is 1.49. The molecule has 2 unspecified atom stereocenters. The highest BCUT2D eigenvalue weighted by atomic mass is 19.1. The van der Waals surface area contributed by atoms with Gasteiger partial charge in [0.05, 0.1) is 5.92 Å². The van der Waals surface area contributed by atoms with Crippen molar-refractivity contribution in [2.24, 2.45) is 11.7 Å². The normalized spacial score (nSPS) is 26.2. The summed E-state index contributed by atoms with van der Waals surface area (Å²) in [7, 11) is 0. The van der Waals surface area contributed by atoms with Crippen LogP contribution in [0.2, 0.25) is 0 Å². The zero-order valence-electron chi connectivity index (χ0n) is 12.7. The van der Waals surface area contributed by atoms with E-state index in [9.17, 15) is 9.18 Å². The van der Waals surface area contributed by atoms with Crippen LogP contribution in [0, 0.1) is 11.7 Å². The molecule has 0 aromatic heterocycles. The summed E-state index contributed by atoms with van der Waals surface area (Å²) in [5.74, 6) is 0.643. The number of hydrogen-bond donors (Lipinski definition) is 1. The van der Waals surface area contributed by atoms with E-state index in [1.807, 2.05) is 4.90 Å². The minimum absolute atomic E-state index is 0.00886. The topological polar surface area (TPSA) is 55.6 Å². The molecule has 2 N–H and O–H groups in total. The van der Waals surface area contributed by atoms with Crippen LogP contribution in [0.4, 0.5) is 4.39 Å². The third-order valence-electron chi connectivity index (χ3n) is 4.76. The van der Waals surface area contributed by atoms with Gasteiger partial charge in [-0.2, -0.15) is 0 Å². The summed E-state index contributed by atoms with van der Waals surface area (Å²) >= 11 is 0. The van der Waals surface area contributed by atoms with Gasteiger partial charge in [-0.1, -0.05) is 6.42 Å². The largest absolute Gasteiger partial charge is 0.490 e. The predicted octanol–water partition coefficient (Wildman–Crippen LogP) is 2.32. The van der Waals surface area contributed by atoms with Crippen LogP contribution in [0.1, 0.15) is 32.1 Å². The van der Waals surface area contributed by atoms with Crippen LogP contribution in [0.15, 0.2) is 24.3 Å². The van der Waals surface area contributed by atoms with E-state index < -0.39 is 0 Å². The van der Waals surface area contributed by atoms with Crippen molar-refractivity contribution in [2.45, 2.75) is 44.2 Å². The summed E-state index contributed by atoms with van der Waals surface area (Å²) in [6, 6.07) is 6.11. The molecule has 0 spiro atoms. The number of halogens is 1. The Morgan fingerprint density at radius 1 is 1.14 bits per heavy atom. The fourth-order valence-electron chi connectivity index (χ4n) is 3.43. The van der Waals surface area contributed by atoms with Gasteiger partial charge >= 0.3 is 0 Å². The van der Waals surface area contributed by atoms with Crippen LogP contribution in [-0.4, -0.2) is 36.0 Å². The number of benzene rings is 1. The molecule has 2 fully saturated rings. The lowest BCUT2D eigenvalue weighted by molar-refractivity contribution is -0.137. The van der Waals surface area contributed by atoms with E-state index in [1.54, 1.807) is 12.1 Å². The molecule has 1 amide bonds. The molecular formula is C17H23FN2O2. The van der Waals surface area contributed by atoms with Gasteiger partial charge in [0.25, 0.3) is 0 Å². The zero-order valence-corrected chi connectivity index (χ0v) is 12.7. The van der Waals surface area contributed by atoms with Gasteiger partial charge in [0, 0.05) is 32.0 Å². The number of piperidine rings is 1. The molecule has 0 bridgehead atoms. The molecule has 1 aromatic carbocycles. The fourth-order valence-corrected chi connectivity index (χ4v) is 3.43. The van der Waals surface area contributed by atoms with Crippen LogP contribution in [-0.2, 0) is 4.79 Å². The summed E-state index contributed by atoms with van der Waals surface area (Å²) < 4.78 is 18.7. The number of rotatable bonds is 3. The van der Waals surface area contributed by atoms with Gasteiger partial charge in [-0.25, -0.2) is 4.39 Å². The Labute approximate surface area is 130 Å². The first-order chi connectivity index (χ1) is 10.6. The summed E-state index contributed by atoms with van der Waals surface area (Å²) in [6.07, 6.45) is 4.65. The van der Waals surface area contributed by atoms with Crippen molar-refractivity contribution in [3.8, 4) is 5.75 Å². The van der Waals surface area contributed by atoms with Crippen LogP contribution in [0.25, 0.3) is 0 Å². The molecule has 3 rings (SSSR count). The molecule has 1 saturated heterocycles. The van der Waals surface area contributed by atoms with Crippen molar-refractivity contribution in [1.82, 2.24) is 4.90 Å². The van der Waals surface area contributed by atoms with Gasteiger partial charge in [0.15, 0.2) is 0 Å². The number of carbonyl (C=O) groups excluding carboxylic acids is 1. The van der Waals surface area contributed by atoms with Gasteiger partial charge < -0.3 is 15.4 Å². The van der Waals surface area contributed by atoms with Crippen LogP contribution >= 0.6 is 0 Å². The molecule has 4 nitrogen and oxygen atoms in total. The van der Waals surface area contributed by atoms with Gasteiger partial charge in [0.1, 0.15) is 17.7 Å². The third kappa shape index (κ3) is 3.40. The number of carbonyl (C=O) groups is 1. The lowest BCUT2D eigenvalue weighted by Crippen LogP contribution is -2.47. The molecule has 2 atom stereocenters. The monoisotopic (exact) mass is 306 g/mol. The minimum atomic E-state index is -0.263. The summed E-state index contributed by atoms with van der Waals surface area (Å²) in [5, 5.41) is 0. The molecule has 22 heavy (non-hydrogen) atoms. The second-order valence-corrected chi connectivity index (χ2v) is 6.30. The first kappa shape index (κ1) is 15.3. The highest BCUT2D eigenvalue weighted by molar-refractivity contribution is 5.80. The molecule has 1 saturated carbocycles. The Morgan fingerprint density at radius 2 is 1.82 bits per heavy atom. The van der Waals surface area contributed by atoms with Crippen molar-refractivity contribution in [3.63, 3.8) is 0 Å². The maximum atomic E-state index is 12.9. The average molecular weight is 306 g/mol. The lowest BCUT2D eigenvalue weighted by Gasteiger charge is -2.34. The van der Waals surface area contributed by atoms with Crippen molar-refractivity contribution >= 4 is 5.91 Å². The van der Waals surface area contributed by atoms with Crippen molar-refractivity contribution < 1.29 is 13.9 Å². The first-order valence-electron chi connectivity index (χ1n) is 8.10. The lowest BCUT2D eigenvalue weighted by atomic mass is 10.00. The maximum Gasteiger partial charge on any atom is 0.227 e. The molecule has 5 heteroatoms. The molecule has 2 aliphatic rings. The number of likely N-dealkylation sites (tertiary alicyclic amines) is 1. The number of nitrogens with two attached hydrogens (primary N) is 1. The predicted molar refractivity (Wildman–Crippen MR) is 81.9 cm³/mol. The first-order valence-corrected chi connectivity index (χ1v) is 8.10. The zero-order chi connectivity index (χ0) is 15.5. The van der Waals surface area contributed by atoms with E-state index in [4.69, 9.17) is 10.5 Å². The maximum absolute atomic E-state index is 12.9. The quantitative estimate of drug-likeness (QED) is 0.932. The second kappa shape index (κ2) is 6.65. The molecule has 0 radical (unpaired) electrons. The Morgan fingerprint density at radius 3 is 2.41 bits per heavy atom. The van der Waals surface area contributed by atoms with Crippen molar-refractivity contribution in [3.05, 3.63) is 30.1 Å². The summed E-state index contributed by atoms with van der Waals surface area (Å²) in [5.41, 5.74) is 6.03. The fraction of sp³-hybridized carbons (Fsp3) is 0.588. The highest BCUT2D eigenvalue weighted by Gasteiger charge is 2.34. The van der Waals surface area contributed by atoms with Gasteiger partial charge in [-0.05, 0) is 37.1 Å². The molecule has 1 heterocycles. The number of hydrogen-bond acceptors (Lipinski definition) is 3. The van der Waals surface area contributed by atoms with Crippen LogP contribution < -0.4 is 10.5 Å². The van der Waals surface area contributed by atoms with E-state index in [-0.39, 0.29) is 29.8 Å². The Bertz CT molecular complexity index is 512. The van der Waals surface area contributed by atoms with Crippen molar-refractivity contribution in [2.75, 3.05) is 13.1 Å². The van der Waals surface area contributed by atoms with E-state index in [1.165, 1.54) is 12.1 Å². The molecule has 120 valence electrons. The molecular weight excluding hydrogens is 283 g/mol. The number of amides is 1. The molecule has 1 aliphatic heterocycles. The summed E-state index contributed by atoms with van der Waals surface area (Å²) in [4.78, 5) is 14.4. The van der Waals surface area contributed by atoms with E-state index in [2.05, 4.69) is 0 Å². The SMILES string of the molecule is NC1CCCC1C(=O)N1CCC(Oc2ccc(F)cc2)CC1. The molecule has 1 aliphatic carbocycles. The van der Waals surface area contributed by atoms with Crippen molar-refractivity contribution in [1.29, 1.82) is 0 Å². The van der Waals surface area contributed by atoms with Gasteiger partial charge in [0.2, 0.25) is 5.91 Å². The van der Waals surface area contributed by atoms with Crippen LogP contribution in [0.3, 0.4) is 0 Å². The highest BCUT2D eigenvalue weighted by Crippen LogP contribution is 2.27. The van der Waals surface area contributed by atoms with Gasteiger partial charge in [-0.3, -0.25) is 4.79 Å². The van der Waals surface area contributed by atoms with Crippen LogP contribution in [0.5, 0.6) is 5.75 Å².